The summed E-state index contributed by atoms with van der Waals surface area (Å²) in [5.74, 6) is 0.341. The van der Waals surface area contributed by atoms with Gasteiger partial charge in [0.1, 0.15) is 5.75 Å². The second-order valence-electron chi connectivity index (χ2n) is 3.60. The normalized spacial score (nSPS) is 10.5. The molecule has 0 bridgehead atoms. The van der Waals surface area contributed by atoms with Crippen molar-refractivity contribution < 1.29 is 5.11 Å². The van der Waals surface area contributed by atoms with Gasteiger partial charge < -0.3 is 10.4 Å². The van der Waals surface area contributed by atoms with Crippen LogP contribution in [0.15, 0.2) is 24.3 Å². The second kappa shape index (κ2) is 7.71. The Kier molecular flexibility index (Phi) is 6.44. The zero-order valence-electron chi connectivity index (χ0n) is 8.88. The third-order valence-electron chi connectivity index (χ3n) is 2.23. The summed E-state index contributed by atoms with van der Waals surface area (Å²) in [4.78, 5) is 0. The van der Waals surface area contributed by atoms with E-state index < -0.39 is 0 Å². The number of hydrogen-bond donors (Lipinski definition) is 2. The summed E-state index contributed by atoms with van der Waals surface area (Å²) < 4.78 is 0. The van der Waals surface area contributed by atoms with Crippen molar-refractivity contribution >= 4 is 15.9 Å². The number of aromatic hydroxyl groups is 1. The van der Waals surface area contributed by atoms with E-state index in [1.165, 1.54) is 19.3 Å². The fraction of sp³-hybridized carbons (Fsp3) is 0.500. The van der Waals surface area contributed by atoms with Crippen molar-refractivity contribution in [1.29, 1.82) is 0 Å². The van der Waals surface area contributed by atoms with Gasteiger partial charge in [-0.25, -0.2) is 0 Å². The number of phenolic OH excluding ortho intramolecular Hbond substituents is 1. The summed E-state index contributed by atoms with van der Waals surface area (Å²) in [6.45, 7) is 1.88. The van der Waals surface area contributed by atoms with Crippen LogP contribution in [-0.2, 0) is 6.54 Å². The van der Waals surface area contributed by atoms with Crippen LogP contribution in [0.25, 0.3) is 0 Å². The highest BCUT2D eigenvalue weighted by atomic mass is 79.9. The van der Waals surface area contributed by atoms with Gasteiger partial charge in [-0.1, -0.05) is 34.5 Å². The van der Waals surface area contributed by atoms with Gasteiger partial charge in [0.05, 0.1) is 0 Å². The lowest BCUT2D eigenvalue weighted by Crippen LogP contribution is -2.14. The smallest absolute Gasteiger partial charge is 0.115 e. The molecule has 1 aromatic carbocycles. The molecular weight excluding hydrogens is 254 g/mol. The molecule has 0 aliphatic rings. The van der Waals surface area contributed by atoms with Gasteiger partial charge in [-0.3, -0.25) is 0 Å². The average Bonchev–Trinajstić information content (AvgIpc) is 2.23. The van der Waals surface area contributed by atoms with Gasteiger partial charge in [0.2, 0.25) is 0 Å². The van der Waals surface area contributed by atoms with Crippen LogP contribution in [0.1, 0.15) is 24.8 Å². The highest BCUT2D eigenvalue weighted by Gasteiger charge is 1.94. The summed E-state index contributed by atoms with van der Waals surface area (Å²) in [6, 6.07) is 7.38. The van der Waals surface area contributed by atoms with E-state index in [-0.39, 0.29) is 0 Å². The van der Waals surface area contributed by atoms with Crippen LogP contribution < -0.4 is 5.32 Å². The van der Waals surface area contributed by atoms with E-state index >= 15 is 0 Å². The predicted molar refractivity (Wildman–Crippen MR) is 67.5 cm³/mol. The van der Waals surface area contributed by atoms with E-state index in [9.17, 15) is 5.11 Å². The molecule has 0 atom stereocenters. The summed E-state index contributed by atoms with van der Waals surface area (Å²) in [7, 11) is 0. The van der Waals surface area contributed by atoms with Gasteiger partial charge in [0.25, 0.3) is 0 Å². The number of nitrogens with one attached hydrogen (secondary N) is 1. The third kappa shape index (κ3) is 5.80. The van der Waals surface area contributed by atoms with Gasteiger partial charge in [0, 0.05) is 11.9 Å². The molecule has 0 aliphatic carbocycles. The number of rotatable bonds is 7. The maximum atomic E-state index is 9.25. The minimum atomic E-state index is 0.341. The van der Waals surface area contributed by atoms with Crippen molar-refractivity contribution in [2.24, 2.45) is 0 Å². The van der Waals surface area contributed by atoms with Crippen LogP contribution in [0.3, 0.4) is 0 Å². The molecule has 0 radical (unpaired) electrons. The Balaban J connectivity index is 2.10. The first kappa shape index (κ1) is 12.5. The minimum Gasteiger partial charge on any atom is -0.508 e. The predicted octanol–water partition coefficient (Wildman–Crippen LogP) is 3.05. The summed E-state index contributed by atoms with van der Waals surface area (Å²) in [5.41, 5.74) is 1.13. The summed E-state index contributed by atoms with van der Waals surface area (Å²) >= 11 is 3.42. The molecule has 0 heterocycles. The fourth-order valence-corrected chi connectivity index (χ4v) is 1.82. The Bertz CT molecular complexity index is 278. The first-order valence-corrected chi connectivity index (χ1v) is 6.49. The molecule has 15 heavy (non-hydrogen) atoms. The molecule has 0 unspecified atom stereocenters. The lowest BCUT2D eigenvalue weighted by Gasteiger charge is -2.04. The first-order valence-electron chi connectivity index (χ1n) is 5.37. The van der Waals surface area contributed by atoms with E-state index in [0.29, 0.717) is 5.75 Å². The van der Waals surface area contributed by atoms with Crippen molar-refractivity contribution in [1.82, 2.24) is 5.32 Å². The zero-order valence-corrected chi connectivity index (χ0v) is 10.5. The molecule has 0 fully saturated rings. The number of unbranched alkanes of at least 4 members (excludes halogenated alkanes) is 2. The van der Waals surface area contributed by atoms with E-state index in [1.807, 2.05) is 12.1 Å². The van der Waals surface area contributed by atoms with Crippen LogP contribution in [0.4, 0.5) is 0 Å². The number of halogens is 1. The maximum absolute atomic E-state index is 9.25. The number of alkyl halides is 1. The number of phenols is 1. The molecule has 1 aromatic rings. The van der Waals surface area contributed by atoms with E-state index in [2.05, 4.69) is 21.2 Å². The molecule has 0 amide bonds. The van der Waals surface area contributed by atoms with Crippen LogP contribution in [0.2, 0.25) is 0 Å². The van der Waals surface area contributed by atoms with Crippen LogP contribution in [-0.4, -0.2) is 17.0 Å². The summed E-state index contributed by atoms with van der Waals surface area (Å²) in [5, 5.41) is 13.7. The van der Waals surface area contributed by atoms with Crippen molar-refractivity contribution in [2.45, 2.75) is 25.8 Å². The van der Waals surface area contributed by atoms with Gasteiger partial charge >= 0.3 is 0 Å². The van der Waals surface area contributed by atoms with Crippen molar-refractivity contribution in [2.75, 3.05) is 11.9 Å². The molecule has 0 aromatic heterocycles. The molecule has 0 aliphatic heterocycles. The van der Waals surface area contributed by atoms with Gasteiger partial charge in [-0.2, -0.15) is 0 Å². The molecule has 84 valence electrons. The highest BCUT2D eigenvalue weighted by Crippen LogP contribution is 2.10. The van der Waals surface area contributed by atoms with Crippen LogP contribution in [0.5, 0.6) is 5.75 Å². The Morgan fingerprint density at radius 3 is 2.80 bits per heavy atom. The fourth-order valence-electron chi connectivity index (χ4n) is 1.42. The molecule has 1 rings (SSSR count). The highest BCUT2D eigenvalue weighted by molar-refractivity contribution is 9.09. The van der Waals surface area contributed by atoms with Crippen molar-refractivity contribution in [3.05, 3.63) is 29.8 Å². The Labute approximate surface area is 99.8 Å². The Hall–Kier alpha value is -0.540. The molecular formula is C12H18BrNO. The van der Waals surface area contributed by atoms with E-state index in [4.69, 9.17) is 0 Å². The molecule has 0 saturated heterocycles. The molecule has 0 saturated carbocycles. The van der Waals surface area contributed by atoms with Gasteiger partial charge in [0.15, 0.2) is 0 Å². The van der Waals surface area contributed by atoms with Gasteiger partial charge in [-0.15, -0.1) is 0 Å². The zero-order chi connectivity index (χ0) is 10.9. The lowest BCUT2D eigenvalue weighted by atomic mass is 10.2. The monoisotopic (exact) mass is 271 g/mol. The van der Waals surface area contributed by atoms with Gasteiger partial charge in [-0.05, 0) is 37.1 Å². The average molecular weight is 272 g/mol. The first-order chi connectivity index (χ1) is 7.33. The molecule has 2 N–H and O–H groups in total. The topological polar surface area (TPSA) is 32.3 Å². The number of hydrogen-bond acceptors (Lipinski definition) is 2. The number of benzene rings is 1. The van der Waals surface area contributed by atoms with Crippen LogP contribution >= 0.6 is 15.9 Å². The third-order valence-corrected chi connectivity index (χ3v) is 2.79. The van der Waals surface area contributed by atoms with E-state index in [0.717, 1.165) is 24.0 Å². The maximum Gasteiger partial charge on any atom is 0.115 e. The molecule has 0 spiro atoms. The van der Waals surface area contributed by atoms with Crippen molar-refractivity contribution in [3.63, 3.8) is 0 Å². The Morgan fingerprint density at radius 1 is 1.20 bits per heavy atom. The quantitative estimate of drug-likeness (QED) is 0.590. The SMILES string of the molecule is Oc1cccc(CNCCCCCBr)c1. The lowest BCUT2D eigenvalue weighted by molar-refractivity contribution is 0.474. The second-order valence-corrected chi connectivity index (χ2v) is 4.39. The summed E-state index contributed by atoms with van der Waals surface area (Å²) in [6.07, 6.45) is 3.72. The Morgan fingerprint density at radius 2 is 2.07 bits per heavy atom. The largest absolute Gasteiger partial charge is 0.508 e. The molecule has 2 nitrogen and oxygen atoms in total. The standard InChI is InChI=1S/C12H18BrNO/c13-7-2-1-3-8-14-10-11-5-4-6-12(15)9-11/h4-6,9,14-15H,1-3,7-8,10H2. The van der Waals surface area contributed by atoms with Crippen LogP contribution in [0, 0.1) is 0 Å². The van der Waals surface area contributed by atoms with Crippen molar-refractivity contribution in [3.8, 4) is 5.75 Å². The minimum absolute atomic E-state index is 0.341. The molecule has 3 heteroatoms. The van der Waals surface area contributed by atoms with E-state index in [1.54, 1.807) is 12.1 Å².